The molecule has 3 nitrogen and oxygen atoms in total. The van der Waals surface area contributed by atoms with Crippen LogP contribution in [0.2, 0.25) is 0 Å². The van der Waals surface area contributed by atoms with Gasteiger partial charge in [-0.1, -0.05) is 44.4 Å². The maximum absolute atomic E-state index is 15.2. The smallest absolute Gasteiger partial charge is 0.145 e. The van der Waals surface area contributed by atoms with Gasteiger partial charge >= 0.3 is 0 Å². The highest BCUT2D eigenvalue weighted by molar-refractivity contribution is 5.51. The highest BCUT2D eigenvalue weighted by Gasteiger charge is 2.24. The van der Waals surface area contributed by atoms with Crippen molar-refractivity contribution in [1.29, 1.82) is 0 Å². The van der Waals surface area contributed by atoms with Gasteiger partial charge in [0.05, 0.1) is 23.5 Å². The molecule has 186 valence electrons. The zero-order valence-corrected chi connectivity index (χ0v) is 21.0. The Kier molecular flexibility index (Phi) is 8.84. The average Bonchev–Trinajstić information content (AvgIpc) is 2.89. The number of hydrogen-bond donors (Lipinski definition) is 0. The third-order valence-electron chi connectivity index (χ3n) is 6.57. The molecule has 3 aromatic rings. The molecule has 3 aromatic carbocycles. The molecule has 0 aromatic heterocycles. The van der Waals surface area contributed by atoms with Gasteiger partial charge in [-0.25, -0.2) is 8.78 Å². The van der Waals surface area contributed by atoms with Gasteiger partial charge in [-0.05, 0) is 97.8 Å². The number of rotatable bonds is 8. The molecule has 0 bridgehead atoms. The van der Waals surface area contributed by atoms with E-state index in [0.29, 0.717) is 41.4 Å². The van der Waals surface area contributed by atoms with Gasteiger partial charge in [0.1, 0.15) is 17.4 Å². The fraction of sp³-hybridized carbons (Fsp3) is 0.355. The highest BCUT2D eigenvalue weighted by Crippen LogP contribution is 2.33. The lowest BCUT2D eigenvalue weighted by molar-refractivity contribution is 0.340. The summed E-state index contributed by atoms with van der Waals surface area (Å²) in [6.07, 6.45) is 7.09. The van der Waals surface area contributed by atoms with Crippen molar-refractivity contribution in [2.24, 2.45) is 16.1 Å². The van der Waals surface area contributed by atoms with Gasteiger partial charge in [0.2, 0.25) is 0 Å². The zero-order valence-electron chi connectivity index (χ0n) is 21.0. The summed E-state index contributed by atoms with van der Waals surface area (Å²) in [7, 11) is 0. The summed E-state index contributed by atoms with van der Waals surface area (Å²) in [6, 6.07) is 16.0. The Hall–Kier alpha value is -3.52. The Morgan fingerprint density at radius 3 is 2.28 bits per heavy atom. The summed E-state index contributed by atoms with van der Waals surface area (Å²) < 4.78 is 35.4. The lowest BCUT2D eigenvalue weighted by atomic mass is 9.80. The number of halogens is 2. The average molecular weight is 487 g/mol. The van der Waals surface area contributed by atoms with Crippen LogP contribution >= 0.6 is 0 Å². The van der Waals surface area contributed by atoms with E-state index in [4.69, 9.17) is 4.74 Å². The van der Waals surface area contributed by atoms with Crippen molar-refractivity contribution < 1.29 is 13.5 Å². The summed E-state index contributed by atoms with van der Waals surface area (Å²) in [5.41, 5.74) is 3.34. The lowest BCUT2D eigenvalue weighted by Crippen LogP contribution is -2.17. The molecule has 0 N–H and O–H groups in total. The summed E-state index contributed by atoms with van der Waals surface area (Å²) in [5.74, 6) is 5.86. The maximum atomic E-state index is 15.2. The van der Waals surface area contributed by atoms with Crippen molar-refractivity contribution in [2.45, 2.75) is 58.8 Å². The second kappa shape index (κ2) is 12.4. The molecule has 1 aliphatic rings. The van der Waals surface area contributed by atoms with Crippen LogP contribution in [-0.4, -0.2) is 6.61 Å². The van der Waals surface area contributed by atoms with Crippen LogP contribution in [0, 0.1) is 29.4 Å². The summed E-state index contributed by atoms with van der Waals surface area (Å²) in [5, 5.41) is 8.46. The number of benzene rings is 3. The van der Waals surface area contributed by atoms with Crippen LogP contribution in [0.3, 0.4) is 0 Å². The van der Waals surface area contributed by atoms with E-state index in [9.17, 15) is 4.39 Å². The minimum Gasteiger partial charge on any atom is -0.494 e. The molecular formula is C31H32F2N2O. The molecule has 0 heterocycles. The molecule has 0 aliphatic heterocycles. The van der Waals surface area contributed by atoms with E-state index >= 15 is 4.39 Å². The highest BCUT2D eigenvalue weighted by atomic mass is 19.1. The molecule has 1 aliphatic carbocycles. The number of unbranched alkanes of at least 4 members (excludes halogenated alkanes) is 2. The van der Waals surface area contributed by atoms with Crippen molar-refractivity contribution in [3.8, 4) is 17.6 Å². The van der Waals surface area contributed by atoms with E-state index in [0.717, 1.165) is 30.6 Å². The summed E-state index contributed by atoms with van der Waals surface area (Å²) in [4.78, 5) is 0. The minimum absolute atomic E-state index is 0.141. The van der Waals surface area contributed by atoms with Gasteiger partial charge < -0.3 is 4.74 Å². The molecule has 4 rings (SSSR count). The van der Waals surface area contributed by atoms with E-state index < -0.39 is 11.6 Å². The molecular weight excluding hydrogens is 454 g/mol. The first-order valence-corrected chi connectivity index (χ1v) is 12.8. The Morgan fingerprint density at radius 2 is 1.61 bits per heavy atom. The maximum Gasteiger partial charge on any atom is 0.145 e. The van der Waals surface area contributed by atoms with Crippen LogP contribution in [0.1, 0.15) is 68.2 Å². The van der Waals surface area contributed by atoms with Crippen LogP contribution < -0.4 is 4.74 Å². The van der Waals surface area contributed by atoms with Crippen LogP contribution in [0.4, 0.5) is 20.2 Å². The normalized spacial score (nSPS) is 14.8. The van der Waals surface area contributed by atoms with Gasteiger partial charge in [-0.3, -0.25) is 0 Å². The van der Waals surface area contributed by atoms with E-state index in [-0.39, 0.29) is 5.56 Å². The van der Waals surface area contributed by atoms with Gasteiger partial charge in [-0.2, -0.15) is 10.2 Å². The second-order valence-corrected chi connectivity index (χ2v) is 9.21. The number of ether oxygens (including phenoxy) is 1. The first kappa shape index (κ1) is 25.6. The Balaban J connectivity index is 1.43. The molecule has 36 heavy (non-hydrogen) atoms. The molecule has 0 amide bonds. The molecule has 1 unspecified atom stereocenters. The van der Waals surface area contributed by atoms with Crippen LogP contribution in [0.25, 0.3) is 0 Å². The van der Waals surface area contributed by atoms with Crippen molar-refractivity contribution >= 4 is 11.4 Å². The first-order valence-electron chi connectivity index (χ1n) is 12.8. The van der Waals surface area contributed by atoms with Crippen LogP contribution in [0.5, 0.6) is 5.75 Å². The van der Waals surface area contributed by atoms with Crippen LogP contribution in [-0.2, 0) is 12.8 Å². The van der Waals surface area contributed by atoms with Crippen molar-refractivity contribution in [2.75, 3.05) is 6.61 Å². The van der Waals surface area contributed by atoms with E-state index in [2.05, 4.69) is 29.0 Å². The molecule has 0 radical (unpaired) electrons. The zero-order chi connectivity index (χ0) is 25.3. The first-order chi connectivity index (χ1) is 17.6. The summed E-state index contributed by atoms with van der Waals surface area (Å²) in [6.45, 7) is 4.74. The third-order valence-corrected chi connectivity index (χ3v) is 6.57. The summed E-state index contributed by atoms with van der Waals surface area (Å²) >= 11 is 0. The molecule has 0 spiro atoms. The number of nitrogens with zero attached hydrogens (tertiary/aromatic N) is 2. The van der Waals surface area contributed by atoms with E-state index in [1.165, 1.54) is 25.3 Å². The fourth-order valence-corrected chi connectivity index (χ4v) is 4.60. The van der Waals surface area contributed by atoms with E-state index in [1.807, 2.05) is 31.2 Å². The molecule has 0 fully saturated rings. The predicted octanol–water partition coefficient (Wildman–Crippen LogP) is 8.86. The van der Waals surface area contributed by atoms with Gasteiger partial charge in [0.15, 0.2) is 0 Å². The Bertz CT molecular complexity index is 1250. The van der Waals surface area contributed by atoms with Crippen molar-refractivity contribution in [1.82, 2.24) is 0 Å². The van der Waals surface area contributed by atoms with Gasteiger partial charge in [0.25, 0.3) is 0 Å². The molecule has 5 heteroatoms. The number of azo groups is 1. The quantitative estimate of drug-likeness (QED) is 0.178. The topological polar surface area (TPSA) is 34.0 Å². The largest absolute Gasteiger partial charge is 0.494 e. The standard InChI is InChI=1S/C31H32F2N2O/c1-3-5-6-7-23-11-18-28-24(20-23)21-30(32)29(31(28)33)19-10-22-8-12-25(13-9-22)34-35-26-14-16-27(17-15-26)36-4-2/h8-9,12-17,21,23H,3-7,11,18,20H2,1-2H3. The predicted molar refractivity (Wildman–Crippen MR) is 140 cm³/mol. The molecule has 0 saturated carbocycles. The molecule has 0 saturated heterocycles. The Morgan fingerprint density at radius 1 is 0.917 bits per heavy atom. The number of hydrogen-bond acceptors (Lipinski definition) is 3. The van der Waals surface area contributed by atoms with Gasteiger partial charge in [-0.15, -0.1) is 0 Å². The fourth-order valence-electron chi connectivity index (χ4n) is 4.60. The molecule has 1 atom stereocenters. The second-order valence-electron chi connectivity index (χ2n) is 9.21. The minimum atomic E-state index is -0.575. The van der Waals surface area contributed by atoms with Crippen molar-refractivity contribution in [3.63, 3.8) is 0 Å². The van der Waals surface area contributed by atoms with Crippen LogP contribution in [0.15, 0.2) is 64.8 Å². The SMILES string of the molecule is CCCCCC1CCc2c(cc(F)c(C#Cc3ccc(N=Nc4ccc(OCC)cc4)cc3)c2F)C1. The lowest BCUT2D eigenvalue weighted by Gasteiger charge is -2.25. The monoisotopic (exact) mass is 486 g/mol. The van der Waals surface area contributed by atoms with E-state index in [1.54, 1.807) is 24.3 Å². The van der Waals surface area contributed by atoms with Crippen molar-refractivity contribution in [3.05, 3.63) is 88.5 Å². The number of fused-ring (bicyclic) bond motifs is 1. The third kappa shape index (κ3) is 6.57. The van der Waals surface area contributed by atoms with Gasteiger partial charge in [0, 0.05) is 5.56 Å². The Labute approximate surface area is 212 Å².